The van der Waals surface area contributed by atoms with Crippen molar-refractivity contribution in [3.05, 3.63) is 36.0 Å². The van der Waals surface area contributed by atoms with Crippen LogP contribution in [0, 0.1) is 0 Å². The van der Waals surface area contributed by atoms with Crippen molar-refractivity contribution in [3.8, 4) is 0 Å². The predicted molar refractivity (Wildman–Crippen MR) is 79.3 cm³/mol. The number of carbonyl (C=O) groups excluding carboxylic acids is 1. The van der Waals surface area contributed by atoms with Crippen molar-refractivity contribution in [1.82, 2.24) is 10.3 Å². The summed E-state index contributed by atoms with van der Waals surface area (Å²) in [5, 5.41) is 12.7. The standard InChI is InChI=1S/C15H17N3O4/c16-11(13(19)18-15(14(20)21)7-22-8-15)5-9-6-17-12-4-2-1-3-10(9)12/h1-4,6,11,17H,5,7-8,16H2,(H,18,19)(H,20,21). The van der Waals surface area contributed by atoms with E-state index < -0.39 is 23.5 Å². The van der Waals surface area contributed by atoms with E-state index in [1.54, 1.807) is 0 Å². The molecule has 1 aliphatic heterocycles. The third kappa shape index (κ3) is 2.44. The quantitative estimate of drug-likeness (QED) is 0.620. The van der Waals surface area contributed by atoms with E-state index in [9.17, 15) is 14.7 Å². The van der Waals surface area contributed by atoms with Crippen LogP contribution in [0.5, 0.6) is 0 Å². The van der Waals surface area contributed by atoms with Gasteiger partial charge in [0.25, 0.3) is 0 Å². The molecule has 0 radical (unpaired) electrons. The Morgan fingerprint density at radius 3 is 2.77 bits per heavy atom. The number of carboxylic acid groups (broad SMARTS) is 1. The number of para-hydroxylation sites is 1. The zero-order valence-corrected chi connectivity index (χ0v) is 11.8. The first kappa shape index (κ1) is 14.6. The second-order valence-electron chi connectivity index (χ2n) is 5.54. The van der Waals surface area contributed by atoms with E-state index in [1.807, 2.05) is 30.5 Å². The number of amides is 1. The largest absolute Gasteiger partial charge is 0.479 e. The molecule has 116 valence electrons. The van der Waals surface area contributed by atoms with Crippen LogP contribution in [-0.4, -0.2) is 46.8 Å². The normalized spacial score (nSPS) is 17.7. The van der Waals surface area contributed by atoms with Gasteiger partial charge >= 0.3 is 5.97 Å². The Bertz CT molecular complexity index is 720. The minimum Gasteiger partial charge on any atom is -0.479 e. The highest BCUT2D eigenvalue weighted by Gasteiger charge is 2.48. The number of fused-ring (bicyclic) bond motifs is 1. The third-order valence-electron chi connectivity index (χ3n) is 3.92. The van der Waals surface area contributed by atoms with Crippen molar-refractivity contribution in [2.24, 2.45) is 5.73 Å². The molecule has 3 rings (SSSR count). The van der Waals surface area contributed by atoms with Crippen LogP contribution in [0.25, 0.3) is 10.9 Å². The molecule has 7 heteroatoms. The van der Waals surface area contributed by atoms with E-state index in [0.29, 0.717) is 6.42 Å². The lowest BCUT2D eigenvalue weighted by molar-refractivity contribution is -0.169. The summed E-state index contributed by atoms with van der Waals surface area (Å²) in [7, 11) is 0. The molecule has 2 heterocycles. The molecule has 2 aromatic rings. The van der Waals surface area contributed by atoms with Gasteiger partial charge in [-0.25, -0.2) is 4.79 Å². The van der Waals surface area contributed by atoms with Gasteiger partial charge in [-0.15, -0.1) is 0 Å². The Hall–Kier alpha value is -2.38. The van der Waals surface area contributed by atoms with Gasteiger partial charge < -0.3 is 25.9 Å². The number of carboxylic acids is 1. The van der Waals surface area contributed by atoms with E-state index in [1.165, 1.54) is 0 Å². The summed E-state index contributed by atoms with van der Waals surface area (Å²) in [5.74, 6) is -1.60. The maximum absolute atomic E-state index is 12.2. The van der Waals surface area contributed by atoms with Gasteiger partial charge in [0.15, 0.2) is 5.54 Å². The van der Waals surface area contributed by atoms with Gasteiger partial charge in [-0.1, -0.05) is 18.2 Å². The first-order valence-electron chi connectivity index (χ1n) is 6.95. The molecule has 1 amide bonds. The van der Waals surface area contributed by atoms with Crippen molar-refractivity contribution in [2.75, 3.05) is 13.2 Å². The van der Waals surface area contributed by atoms with Gasteiger partial charge in [-0.2, -0.15) is 0 Å². The number of ether oxygens (including phenoxy) is 1. The lowest BCUT2D eigenvalue weighted by Crippen LogP contribution is -2.69. The smallest absolute Gasteiger partial charge is 0.334 e. The fraction of sp³-hybridized carbons (Fsp3) is 0.333. The minimum absolute atomic E-state index is 0.0339. The third-order valence-corrected chi connectivity index (χ3v) is 3.92. The van der Waals surface area contributed by atoms with E-state index >= 15 is 0 Å². The Morgan fingerprint density at radius 1 is 1.41 bits per heavy atom. The molecule has 1 aliphatic rings. The van der Waals surface area contributed by atoms with Crippen LogP contribution >= 0.6 is 0 Å². The highest BCUT2D eigenvalue weighted by atomic mass is 16.5. The zero-order chi connectivity index (χ0) is 15.7. The van der Waals surface area contributed by atoms with Crippen LogP contribution in [0.15, 0.2) is 30.5 Å². The number of nitrogens with one attached hydrogen (secondary N) is 2. The molecule has 1 aromatic carbocycles. The van der Waals surface area contributed by atoms with Crippen LogP contribution in [0.2, 0.25) is 0 Å². The van der Waals surface area contributed by atoms with Gasteiger partial charge in [0.05, 0.1) is 19.3 Å². The Labute approximate surface area is 126 Å². The summed E-state index contributed by atoms with van der Waals surface area (Å²) in [6.07, 6.45) is 2.14. The van der Waals surface area contributed by atoms with Crippen LogP contribution in [0.3, 0.4) is 0 Å². The molecular weight excluding hydrogens is 286 g/mol. The van der Waals surface area contributed by atoms with E-state index in [-0.39, 0.29) is 13.2 Å². The summed E-state index contributed by atoms with van der Waals surface area (Å²) < 4.78 is 4.90. The molecule has 22 heavy (non-hydrogen) atoms. The molecule has 1 saturated heterocycles. The average Bonchev–Trinajstić information content (AvgIpc) is 2.85. The van der Waals surface area contributed by atoms with Crippen LogP contribution in [-0.2, 0) is 20.7 Å². The Kier molecular flexibility index (Phi) is 3.59. The average molecular weight is 303 g/mol. The fourth-order valence-electron chi connectivity index (χ4n) is 2.51. The summed E-state index contributed by atoms with van der Waals surface area (Å²) in [5.41, 5.74) is 6.48. The van der Waals surface area contributed by atoms with Gasteiger partial charge in [0.1, 0.15) is 0 Å². The molecule has 5 N–H and O–H groups in total. The number of carbonyl (C=O) groups is 2. The lowest BCUT2D eigenvalue weighted by Gasteiger charge is -2.38. The van der Waals surface area contributed by atoms with Crippen molar-refractivity contribution in [1.29, 1.82) is 0 Å². The molecule has 7 nitrogen and oxygen atoms in total. The van der Waals surface area contributed by atoms with Crippen molar-refractivity contribution >= 4 is 22.8 Å². The molecule has 1 unspecified atom stereocenters. The van der Waals surface area contributed by atoms with Gasteiger partial charge in [0.2, 0.25) is 5.91 Å². The molecule has 1 aromatic heterocycles. The molecule has 0 spiro atoms. The number of aliphatic carboxylic acids is 1. The number of aromatic nitrogens is 1. The number of aromatic amines is 1. The molecular formula is C15H17N3O4. The van der Waals surface area contributed by atoms with E-state index in [2.05, 4.69) is 10.3 Å². The molecule has 0 saturated carbocycles. The number of nitrogens with two attached hydrogens (primary N) is 1. The fourth-order valence-corrected chi connectivity index (χ4v) is 2.51. The van der Waals surface area contributed by atoms with Crippen molar-refractivity contribution in [2.45, 2.75) is 18.0 Å². The topological polar surface area (TPSA) is 117 Å². The number of H-pyrrole nitrogens is 1. The number of benzene rings is 1. The van der Waals surface area contributed by atoms with Crippen molar-refractivity contribution < 1.29 is 19.4 Å². The summed E-state index contributed by atoms with van der Waals surface area (Å²) >= 11 is 0. The minimum atomic E-state index is -1.34. The lowest BCUT2D eigenvalue weighted by atomic mass is 9.96. The zero-order valence-electron chi connectivity index (χ0n) is 11.8. The first-order valence-corrected chi connectivity index (χ1v) is 6.95. The number of rotatable bonds is 5. The SMILES string of the molecule is NC(Cc1c[nH]c2ccccc12)C(=O)NC1(C(=O)O)COC1. The van der Waals surface area contributed by atoms with Gasteiger partial charge in [-0.3, -0.25) is 4.79 Å². The first-order chi connectivity index (χ1) is 10.5. The molecule has 1 atom stereocenters. The van der Waals surface area contributed by atoms with Crippen molar-refractivity contribution in [3.63, 3.8) is 0 Å². The summed E-state index contributed by atoms with van der Waals surface area (Å²) in [6.45, 7) is -0.0677. The maximum atomic E-state index is 12.2. The highest BCUT2D eigenvalue weighted by molar-refractivity contribution is 5.91. The summed E-state index contributed by atoms with van der Waals surface area (Å²) in [6, 6.07) is 6.90. The van der Waals surface area contributed by atoms with Crippen LogP contribution in [0.4, 0.5) is 0 Å². The summed E-state index contributed by atoms with van der Waals surface area (Å²) in [4.78, 5) is 26.5. The number of hydrogen-bond acceptors (Lipinski definition) is 4. The van der Waals surface area contributed by atoms with E-state index in [4.69, 9.17) is 10.5 Å². The molecule has 0 bridgehead atoms. The number of hydrogen-bond donors (Lipinski definition) is 4. The predicted octanol–water partition coefficient (Wildman–Crippen LogP) is 0.00750. The molecule has 1 fully saturated rings. The van der Waals surface area contributed by atoms with Crippen LogP contribution in [0.1, 0.15) is 5.56 Å². The van der Waals surface area contributed by atoms with E-state index in [0.717, 1.165) is 16.5 Å². The Morgan fingerprint density at radius 2 is 2.14 bits per heavy atom. The highest BCUT2D eigenvalue weighted by Crippen LogP contribution is 2.20. The van der Waals surface area contributed by atoms with Gasteiger partial charge in [-0.05, 0) is 18.1 Å². The second-order valence-corrected chi connectivity index (χ2v) is 5.54. The maximum Gasteiger partial charge on any atom is 0.334 e. The second kappa shape index (κ2) is 5.43. The monoisotopic (exact) mass is 303 g/mol. The van der Waals surface area contributed by atoms with Gasteiger partial charge in [0, 0.05) is 17.1 Å². The molecule has 0 aliphatic carbocycles. The van der Waals surface area contributed by atoms with Crippen LogP contribution < -0.4 is 11.1 Å². The Balaban J connectivity index is 1.70.